The molecule has 1 N–H and O–H groups in total. The molecular weight excluding hydrogens is 300 g/mol. The van der Waals surface area contributed by atoms with E-state index in [4.69, 9.17) is 0 Å². The van der Waals surface area contributed by atoms with E-state index in [-0.39, 0.29) is 0 Å². The van der Waals surface area contributed by atoms with Gasteiger partial charge in [0.15, 0.2) is 0 Å². The van der Waals surface area contributed by atoms with Gasteiger partial charge in [0.25, 0.3) is 0 Å². The van der Waals surface area contributed by atoms with Crippen LogP contribution in [-0.4, -0.2) is 18.1 Å². The highest BCUT2D eigenvalue weighted by atomic mass is 79.9. The van der Waals surface area contributed by atoms with Crippen LogP contribution in [0.1, 0.15) is 17.7 Å². The second-order valence-corrected chi connectivity index (χ2v) is 5.50. The summed E-state index contributed by atoms with van der Waals surface area (Å²) in [5, 5.41) is 3.40. The quantitative estimate of drug-likeness (QED) is 0.880. The Kier molecular flexibility index (Phi) is 5.55. The first-order valence-electron chi connectivity index (χ1n) is 6.60. The molecule has 0 aliphatic heterocycles. The Hall–Kier alpha value is -1.19. The first kappa shape index (κ1) is 14.2. The number of benzene rings is 1. The Morgan fingerprint density at radius 3 is 2.63 bits per heavy atom. The zero-order valence-electron chi connectivity index (χ0n) is 11.1. The van der Waals surface area contributed by atoms with Crippen molar-refractivity contribution in [3.05, 3.63) is 64.4 Å². The lowest BCUT2D eigenvalue weighted by atomic mass is 10.0. The van der Waals surface area contributed by atoms with Crippen molar-refractivity contribution in [1.82, 2.24) is 10.3 Å². The molecule has 0 aliphatic rings. The third kappa shape index (κ3) is 4.44. The predicted molar refractivity (Wildman–Crippen MR) is 83.3 cm³/mol. The fourth-order valence-electron chi connectivity index (χ4n) is 2.15. The van der Waals surface area contributed by atoms with E-state index in [1.54, 1.807) is 0 Å². The summed E-state index contributed by atoms with van der Waals surface area (Å²) in [6, 6.07) is 15.0. The maximum absolute atomic E-state index is 4.37. The van der Waals surface area contributed by atoms with Gasteiger partial charge < -0.3 is 5.32 Å². The van der Waals surface area contributed by atoms with Gasteiger partial charge in [-0.15, -0.1) is 0 Å². The Morgan fingerprint density at radius 1 is 1.16 bits per heavy atom. The molecule has 1 heterocycles. The van der Waals surface area contributed by atoms with Crippen LogP contribution in [0.25, 0.3) is 0 Å². The van der Waals surface area contributed by atoms with Crippen LogP contribution >= 0.6 is 15.9 Å². The highest BCUT2D eigenvalue weighted by molar-refractivity contribution is 9.10. The topological polar surface area (TPSA) is 24.9 Å². The Morgan fingerprint density at radius 2 is 1.95 bits per heavy atom. The lowest BCUT2D eigenvalue weighted by Crippen LogP contribution is -2.28. The molecule has 0 fully saturated rings. The maximum atomic E-state index is 4.37. The number of nitrogens with zero attached hydrogens (tertiary/aromatic N) is 1. The van der Waals surface area contributed by atoms with Crippen LogP contribution in [-0.2, 0) is 12.8 Å². The summed E-state index contributed by atoms with van der Waals surface area (Å²) in [6.07, 6.45) is 4.99. The highest BCUT2D eigenvalue weighted by Gasteiger charge is 2.09. The molecule has 0 bridgehead atoms. The SMILES string of the molecule is CNC(CCc1ccccn1)Cc1ccccc1Br. The number of halogens is 1. The first-order valence-corrected chi connectivity index (χ1v) is 7.39. The van der Waals surface area contributed by atoms with E-state index < -0.39 is 0 Å². The van der Waals surface area contributed by atoms with Gasteiger partial charge >= 0.3 is 0 Å². The van der Waals surface area contributed by atoms with Crippen molar-refractivity contribution < 1.29 is 0 Å². The number of likely N-dealkylation sites (N-methyl/N-ethyl adjacent to an activating group) is 1. The molecule has 0 amide bonds. The number of hydrogen-bond donors (Lipinski definition) is 1. The normalized spacial score (nSPS) is 12.3. The lowest BCUT2D eigenvalue weighted by molar-refractivity contribution is 0.516. The van der Waals surface area contributed by atoms with Crippen molar-refractivity contribution in [3.63, 3.8) is 0 Å². The van der Waals surface area contributed by atoms with E-state index >= 15 is 0 Å². The average Bonchev–Trinajstić information content (AvgIpc) is 2.46. The van der Waals surface area contributed by atoms with Crippen LogP contribution < -0.4 is 5.32 Å². The number of pyridine rings is 1. The van der Waals surface area contributed by atoms with Crippen LogP contribution in [0.5, 0.6) is 0 Å². The Labute approximate surface area is 123 Å². The van der Waals surface area contributed by atoms with Crippen molar-refractivity contribution in [1.29, 1.82) is 0 Å². The van der Waals surface area contributed by atoms with Crippen LogP contribution in [0.3, 0.4) is 0 Å². The zero-order valence-corrected chi connectivity index (χ0v) is 12.7. The number of aromatic nitrogens is 1. The van der Waals surface area contributed by atoms with E-state index in [1.807, 2.05) is 25.4 Å². The van der Waals surface area contributed by atoms with E-state index in [0.29, 0.717) is 6.04 Å². The van der Waals surface area contributed by atoms with Gasteiger partial charge in [-0.1, -0.05) is 40.2 Å². The van der Waals surface area contributed by atoms with Crippen molar-refractivity contribution >= 4 is 15.9 Å². The minimum Gasteiger partial charge on any atom is -0.317 e. The minimum atomic E-state index is 0.473. The smallest absolute Gasteiger partial charge is 0.0404 e. The van der Waals surface area contributed by atoms with Gasteiger partial charge in [-0.05, 0) is 50.1 Å². The van der Waals surface area contributed by atoms with E-state index in [9.17, 15) is 0 Å². The molecule has 0 aliphatic carbocycles. The van der Waals surface area contributed by atoms with E-state index in [0.717, 1.165) is 25.0 Å². The van der Waals surface area contributed by atoms with Crippen LogP contribution in [0.4, 0.5) is 0 Å². The van der Waals surface area contributed by atoms with E-state index in [1.165, 1.54) is 10.0 Å². The molecule has 2 nitrogen and oxygen atoms in total. The lowest BCUT2D eigenvalue weighted by Gasteiger charge is -2.16. The van der Waals surface area contributed by atoms with Crippen molar-refractivity contribution in [2.75, 3.05) is 7.05 Å². The summed E-state index contributed by atoms with van der Waals surface area (Å²) in [5.74, 6) is 0. The molecule has 1 aromatic carbocycles. The summed E-state index contributed by atoms with van der Waals surface area (Å²) >= 11 is 3.61. The molecular formula is C16H19BrN2. The summed E-state index contributed by atoms with van der Waals surface area (Å²) in [4.78, 5) is 4.37. The van der Waals surface area contributed by atoms with E-state index in [2.05, 4.69) is 56.6 Å². The van der Waals surface area contributed by atoms with Crippen molar-refractivity contribution in [2.45, 2.75) is 25.3 Å². The number of hydrogen-bond acceptors (Lipinski definition) is 2. The predicted octanol–water partition coefficient (Wildman–Crippen LogP) is 3.61. The van der Waals surface area contributed by atoms with Gasteiger partial charge in [0.1, 0.15) is 0 Å². The summed E-state index contributed by atoms with van der Waals surface area (Å²) in [7, 11) is 2.03. The van der Waals surface area contributed by atoms with Gasteiger partial charge in [0.2, 0.25) is 0 Å². The average molecular weight is 319 g/mol. The molecule has 1 unspecified atom stereocenters. The number of aryl methyl sites for hydroxylation is 1. The Balaban J connectivity index is 1.92. The first-order chi connectivity index (χ1) is 9.29. The van der Waals surface area contributed by atoms with Crippen LogP contribution in [0.15, 0.2) is 53.1 Å². The second-order valence-electron chi connectivity index (χ2n) is 4.64. The van der Waals surface area contributed by atoms with Gasteiger partial charge in [0.05, 0.1) is 0 Å². The van der Waals surface area contributed by atoms with Crippen LogP contribution in [0.2, 0.25) is 0 Å². The molecule has 1 aromatic heterocycles. The molecule has 0 radical (unpaired) electrons. The second kappa shape index (κ2) is 7.41. The zero-order chi connectivity index (χ0) is 13.5. The largest absolute Gasteiger partial charge is 0.317 e. The van der Waals surface area contributed by atoms with Crippen LogP contribution in [0, 0.1) is 0 Å². The summed E-state index contributed by atoms with van der Waals surface area (Å²) in [6.45, 7) is 0. The number of rotatable bonds is 6. The summed E-state index contributed by atoms with van der Waals surface area (Å²) in [5.41, 5.74) is 2.51. The highest BCUT2D eigenvalue weighted by Crippen LogP contribution is 2.18. The Bertz CT molecular complexity index is 499. The standard InChI is InChI=1S/C16H19BrN2/c1-18-15(10-9-14-7-4-5-11-19-14)12-13-6-2-3-8-16(13)17/h2-8,11,15,18H,9-10,12H2,1H3. The molecule has 0 spiro atoms. The van der Waals surface area contributed by atoms with Gasteiger partial charge in [0, 0.05) is 22.4 Å². The van der Waals surface area contributed by atoms with Crippen molar-refractivity contribution in [3.8, 4) is 0 Å². The molecule has 1 atom stereocenters. The molecule has 19 heavy (non-hydrogen) atoms. The molecule has 100 valence electrons. The third-order valence-corrected chi connectivity index (χ3v) is 4.08. The summed E-state index contributed by atoms with van der Waals surface area (Å²) < 4.78 is 1.19. The molecule has 0 saturated heterocycles. The molecule has 2 rings (SSSR count). The molecule has 3 heteroatoms. The van der Waals surface area contributed by atoms with Gasteiger partial charge in [-0.25, -0.2) is 0 Å². The monoisotopic (exact) mass is 318 g/mol. The van der Waals surface area contributed by atoms with Gasteiger partial charge in [-0.3, -0.25) is 4.98 Å². The molecule has 0 saturated carbocycles. The minimum absolute atomic E-state index is 0.473. The fourth-order valence-corrected chi connectivity index (χ4v) is 2.59. The van der Waals surface area contributed by atoms with Gasteiger partial charge in [-0.2, -0.15) is 0 Å². The van der Waals surface area contributed by atoms with Crippen molar-refractivity contribution in [2.24, 2.45) is 0 Å². The fraction of sp³-hybridized carbons (Fsp3) is 0.312. The number of nitrogens with one attached hydrogen (secondary N) is 1. The third-order valence-electron chi connectivity index (χ3n) is 3.31. The molecule has 2 aromatic rings. The maximum Gasteiger partial charge on any atom is 0.0404 e.